The summed E-state index contributed by atoms with van der Waals surface area (Å²) in [6.45, 7) is 1.77. The second-order valence-corrected chi connectivity index (χ2v) is 6.11. The van der Waals surface area contributed by atoms with E-state index >= 15 is 0 Å². The van der Waals surface area contributed by atoms with E-state index in [1.165, 1.54) is 12.1 Å². The Morgan fingerprint density at radius 1 is 1.04 bits per heavy atom. The standard InChI is InChI=1S/C13H8N6O5S/c1-7-2-4-8(5-3-7)24-25(22,23)13-9(16-18-14)6-10(20)12(21)11(13)17-19-15/h2-6H,1H3. The van der Waals surface area contributed by atoms with Crippen molar-refractivity contribution >= 4 is 21.7 Å². The molecule has 0 saturated carbocycles. The van der Waals surface area contributed by atoms with Gasteiger partial charge in [-0.3, -0.25) is 9.59 Å². The fourth-order valence-electron chi connectivity index (χ4n) is 1.86. The summed E-state index contributed by atoms with van der Waals surface area (Å²) in [6.07, 6.45) is 0.532. The molecule has 2 rings (SSSR count). The quantitative estimate of drug-likeness (QED) is 0.195. The fraction of sp³-hybridized carbons (Fsp3) is 0.0769. The lowest BCUT2D eigenvalue weighted by atomic mass is 10.1. The van der Waals surface area contributed by atoms with Crippen molar-refractivity contribution in [3.63, 3.8) is 0 Å². The number of aryl methyl sites for hydroxylation is 1. The molecular weight excluding hydrogens is 352 g/mol. The molecule has 0 radical (unpaired) electrons. The third kappa shape index (κ3) is 3.67. The third-order valence-electron chi connectivity index (χ3n) is 2.93. The molecule has 0 heterocycles. The molecule has 25 heavy (non-hydrogen) atoms. The highest BCUT2D eigenvalue weighted by Crippen LogP contribution is 2.30. The largest absolute Gasteiger partial charge is 0.379 e. The maximum atomic E-state index is 12.5. The lowest BCUT2D eigenvalue weighted by Gasteiger charge is -2.15. The van der Waals surface area contributed by atoms with E-state index in [0.29, 0.717) is 6.08 Å². The number of allylic oxidation sites excluding steroid dienone is 2. The normalized spacial score (nSPS) is 14.4. The Morgan fingerprint density at radius 2 is 1.64 bits per heavy atom. The van der Waals surface area contributed by atoms with E-state index in [1.807, 2.05) is 0 Å². The zero-order valence-electron chi connectivity index (χ0n) is 12.5. The summed E-state index contributed by atoms with van der Waals surface area (Å²) >= 11 is 0. The fourth-order valence-corrected chi connectivity index (χ4v) is 3.04. The molecule has 126 valence electrons. The van der Waals surface area contributed by atoms with Crippen LogP contribution in [0.1, 0.15) is 5.56 Å². The number of benzene rings is 1. The molecule has 12 heteroatoms. The van der Waals surface area contributed by atoms with Crippen LogP contribution in [-0.4, -0.2) is 20.0 Å². The van der Waals surface area contributed by atoms with Gasteiger partial charge in [0.2, 0.25) is 11.6 Å². The number of Topliss-reactive ketones (excluding diaryl/α,β-unsaturated/α-hetero) is 1. The number of nitrogens with zero attached hydrogens (tertiary/aromatic N) is 6. The maximum Gasteiger partial charge on any atom is 0.340 e. The third-order valence-corrected chi connectivity index (χ3v) is 4.24. The predicted octanol–water partition coefficient (Wildman–Crippen LogP) is 2.57. The van der Waals surface area contributed by atoms with Crippen LogP contribution in [0.25, 0.3) is 20.9 Å². The van der Waals surface area contributed by atoms with Crippen LogP contribution >= 0.6 is 0 Å². The number of carbonyl (C=O) groups excluding carboxylic acids is 2. The van der Waals surface area contributed by atoms with E-state index in [9.17, 15) is 18.0 Å². The summed E-state index contributed by atoms with van der Waals surface area (Å²) < 4.78 is 29.9. The highest BCUT2D eigenvalue weighted by molar-refractivity contribution is 7.91. The first-order valence-electron chi connectivity index (χ1n) is 6.46. The Morgan fingerprint density at radius 3 is 2.20 bits per heavy atom. The van der Waals surface area contributed by atoms with Gasteiger partial charge >= 0.3 is 10.1 Å². The minimum atomic E-state index is -4.74. The lowest BCUT2D eigenvalue weighted by molar-refractivity contribution is -0.131. The summed E-state index contributed by atoms with van der Waals surface area (Å²) in [7, 11) is -4.74. The smallest absolute Gasteiger partial charge is 0.340 e. The van der Waals surface area contributed by atoms with Crippen molar-refractivity contribution in [1.29, 1.82) is 0 Å². The summed E-state index contributed by atoms with van der Waals surface area (Å²) in [5.74, 6) is -2.65. The molecule has 0 N–H and O–H groups in total. The van der Waals surface area contributed by atoms with Gasteiger partial charge in [-0.15, -0.1) is 0 Å². The first kappa shape index (κ1) is 17.8. The molecule has 0 bridgehead atoms. The average molecular weight is 360 g/mol. The molecule has 1 aromatic rings. The summed E-state index contributed by atoms with van der Waals surface area (Å²) in [5.41, 5.74) is 16.2. The molecule has 0 saturated heterocycles. The van der Waals surface area contributed by atoms with Crippen molar-refractivity contribution in [2.24, 2.45) is 10.2 Å². The Hall–Kier alpha value is -3.59. The molecular formula is C13H8N6O5S. The van der Waals surface area contributed by atoms with E-state index in [4.69, 9.17) is 15.2 Å². The van der Waals surface area contributed by atoms with Crippen LogP contribution in [0.3, 0.4) is 0 Å². The van der Waals surface area contributed by atoms with Crippen LogP contribution in [0.5, 0.6) is 5.75 Å². The van der Waals surface area contributed by atoms with Gasteiger partial charge in [0.15, 0.2) is 0 Å². The van der Waals surface area contributed by atoms with E-state index in [-0.39, 0.29) is 5.75 Å². The highest BCUT2D eigenvalue weighted by Gasteiger charge is 2.36. The number of rotatable bonds is 5. The molecule has 11 nitrogen and oxygen atoms in total. The van der Waals surface area contributed by atoms with Crippen molar-refractivity contribution in [3.05, 3.63) is 73.1 Å². The molecule has 0 fully saturated rings. The number of hydrogen-bond acceptors (Lipinski definition) is 7. The van der Waals surface area contributed by atoms with Crippen molar-refractivity contribution in [1.82, 2.24) is 0 Å². The Bertz CT molecular complexity index is 1030. The van der Waals surface area contributed by atoms with Gasteiger partial charge in [-0.05, 0) is 30.1 Å². The van der Waals surface area contributed by atoms with Gasteiger partial charge in [-0.2, -0.15) is 8.42 Å². The molecule has 0 aromatic heterocycles. The van der Waals surface area contributed by atoms with E-state index in [1.54, 1.807) is 19.1 Å². The molecule has 0 unspecified atom stereocenters. The molecule has 0 amide bonds. The van der Waals surface area contributed by atoms with Gasteiger partial charge in [-0.25, -0.2) is 0 Å². The topological polar surface area (TPSA) is 175 Å². The summed E-state index contributed by atoms with van der Waals surface area (Å²) in [4.78, 5) is 27.2. The van der Waals surface area contributed by atoms with E-state index in [0.717, 1.165) is 5.56 Å². The predicted molar refractivity (Wildman–Crippen MR) is 84.1 cm³/mol. The minimum absolute atomic E-state index is 0.0944. The van der Waals surface area contributed by atoms with Gasteiger partial charge in [-0.1, -0.05) is 27.9 Å². The van der Waals surface area contributed by atoms with Crippen LogP contribution < -0.4 is 4.18 Å². The van der Waals surface area contributed by atoms with Gasteiger partial charge in [0.05, 0.1) is 5.70 Å². The van der Waals surface area contributed by atoms with E-state index < -0.39 is 38.0 Å². The SMILES string of the molecule is Cc1ccc(OS(=O)(=O)C2=C(N=[N+]=[N-])C(=O)C(=O)C=C2N=[N+]=[N-])cc1. The van der Waals surface area contributed by atoms with Crippen molar-refractivity contribution in [2.75, 3.05) is 0 Å². The number of azide groups is 2. The summed E-state index contributed by atoms with van der Waals surface area (Å²) in [5, 5.41) is 6.03. The second kappa shape index (κ2) is 6.89. The van der Waals surface area contributed by atoms with Crippen LogP contribution in [0.2, 0.25) is 0 Å². The first-order valence-corrected chi connectivity index (χ1v) is 7.87. The van der Waals surface area contributed by atoms with Crippen molar-refractivity contribution in [3.8, 4) is 5.75 Å². The number of carbonyl (C=O) groups is 2. The highest BCUT2D eigenvalue weighted by atomic mass is 32.2. The Labute approximate surface area is 140 Å². The van der Waals surface area contributed by atoms with Crippen molar-refractivity contribution in [2.45, 2.75) is 6.92 Å². The Balaban J connectivity index is 2.66. The Kier molecular flexibility index (Phi) is 4.89. The number of hydrogen-bond donors (Lipinski definition) is 0. The zero-order valence-corrected chi connectivity index (χ0v) is 13.3. The van der Waals surface area contributed by atoms with E-state index in [2.05, 4.69) is 20.1 Å². The summed E-state index contributed by atoms with van der Waals surface area (Å²) in [6, 6.07) is 5.86. The van der Waals surface area contributed by atoms with Gasteiger partial charge < -0.3 is 4.18 Å². The lowest BCUT2D eigenvalue weighted by Crippen LogP contribution is -2.25. The molecule has 0 aliphatic heterocycles. The monoisotopic (exact) mass is 360 g/mol. The van der Waals surface area contributed by atoms with Crippen molar-refractivity contribution < 1.29 is 22.2 Å². The zero-order chi connectivity index (χ0) is 18.6. The number of ketones is 2. The van der Waals surface area contributed by atoms with Crippen LogP contribution in [0.15, 0.2) is 56.9 Å². The van der Waals surface area contributed by atoms with Crippen LogP contribution in [-0.2, 0) is 19.7 Å². The minimum Gasteiger partial charge on any atom is -0.379 e. The maximum absolute atomic E-state index is 12.5. The molecule has 1 aromatic carbocycles. The average Bonchev–Trinajstić information content (AvgIpc) is 2.54. The van der Waals surface area contributed by atoms with Gasteiger partial charge in [0, 0.05) is 15.9 Å². The van der Waals surface area contributed by atoms with Gasteiger partial charge in [0.1, 0.15) is 16.4 Å². The van der Waals surface area contributed by atoms with Gasteiger partial charge in [0.25, 0.3) is 0 Å². The van der Waals surface area contributed by atoms with Crippen LogP contribution in [0.4, 0.5) is 0 Å². The molecule has 0 atom stereocenters. The van der Waals surface area contributed by atoms with Crippen LogP contribution in [0, 0.1) is 6.92 Å². The first-order chi connectivity index (χ1) is 11.8. The molecule has 0 spiro atoms. The second-order valence-electron chi connectivity index (χ2n) is 4.63. The molecule has 1 aliphatic rings. The molecule has 1 aliphatic carbocycles.